The van der Waals surface area contributed by atoms with Crippen molar-refractivity contribution >= 4 is 11.6 Å². The second-order valence-electron chi connectivity index (χ2n) is 5.13. The standard InChI is InChI=1S/C18H21NO2/c1-2-15(16-8-4-3-5-9-16)12-18(21)19-17-10-6-7-14(11-17)13-20/h3-11,15,20H,2,12-13H2,1H3,(H,19,21). The van der Waals surface area contributed by atoms with E-state index in [9.17, 15) is 4.79 Å². The minimum absolute atomic E-state index is 0.000734. The van der Waals surface area contributed by atoms with Crippen LogP contribution in [0.25, 0.3) is 0 Å². The molecule has 0 aliphatic carbocycles. The van der Waals surface area contributed by atoms with Crippen LogP contribution < -0.4 is 5.32 Å². The lowest BCUT2D eigenvalue weighted by atomic mass is 9.93. The first-order valence-electron chi connectivity index (χ1n) is 7.27. The van der Waals surface area contributed by atoms with Gasteiger partial charge in [-0.25, -0.2) is 0 Å². The lowest BCUT2D eigenvalue weighted by Crippen LogP contribution is -2.15. The summed E-state index contributed by atoms with van der Waals surface area (Å²) < 4.78 is 0. The Morgan fingerprint density at radius 1 is 1.14 bits per heavy atom. The minimum atomic E-state index is -0.0225. The number of nitrogens with one attached hydrogen (secondary N) is 1. The number of anilines is 1. The van der Waals surface area contributed by atoms with Gasteiger partial charge in [0.2, 0.25) is 5.91 Å². The van der Waals surface area contributed by atoms with Crippen molar-refractivity contribution in [2.24, 2.45) is 0 Å². The topological polar surface area (TPSA) is 49.3 Å². The van der Waals surface area contributed by atoms with Gasteiger partial charge in [-0.05, 0) is 35.6 Å². The van der Waals surface area contributed by atoms with Crippen molar-refractivity contribution in [2.45, 2.75) is 32.3 Å². The smallest absolute Gasteiger partial charge is 0.224 e. The van der Waals surface area contributed by atoms with E-state index < -0.39 is 0 Å². The molecule has 0 radical (unpaired) electrons. The molecule has 21 heavy (non-hydrogen) atoms. The predicted octanol–water partition coefficient (Wildman–Crippen LogP) is 3.70. The second-order valence-corrected chi connectivity index (χ2v) is 5.13. The van der Waals surface area contributed by atoms with Crippen molar-refractivity contribution in [3.8, 4) is 0 Å². The van der Waals surface area contributed by atoms with E-state index >= 15 is 0 Å². The lowest BCUT2D eigenvalue weighted by molar-refractivity contribution is -0.116. The highest BCUT2D eigenvalue weighted by Crippen LogP contribution is 2.23. The summed E-state index contributed by atoms with van der Waals surface area (Å²) in [5.41, 5.74) is 2.72. The van der Waals surface area contributed by atoms with E-state index in [1.165, 1.54) is 5.56 Å². The van der Waals surface area contributed by atoms with Crippen LogP contribution in [0, 0.1) is 0 Å². The Balaban J connectivity index is 2.00. The van der Waals surface area contributed by atoms with Gasteiger partial charge < -0.3 is 10.4 Å². The van der Waals surface area contributed by atoms with E-state index in [0.717, 1.165) is 17.7 Å². The molecular formula is C18H21NO2. The van der Waals surface area contributed by atoms with Gasteiger partial charge in [0.25, 0.3) is 0 Å². The third-order valence-corrected chi connectivity index (χ3v) is 3.59. The Labute approximate surface area is 125 Å². The fourth-order valence-electron chi connectivity index (χ4n) is 2.41. The first-order valence-corrected chi connectivity index (χ1v) is 7.27. The van der Waals surface area contributed by atoms with Crippen molar-refractivity contribution in [2.75, 3.05) is 5.32 Å². The Hall–Kier alpha value is -2.13. The van der Waals surface area contributed by atoms with Crippen LogP contribution >= 0.6 is 0 Å². The van der Waals surface area contributed by atoms with Crippen LogP contribution in [0.5, 0.6) is 0 Å². The molecule has 110 valence electrons. The molecule has 3 nitrogen and oxygen atoms in total. The number of amides is 1. The molecule has 0 bridgehead atoms. The molecule has 3 heteroatoms. The van der Waals surface area contributed by atoms with Crippen LogP contribution in [-0.2, 0) is 11.4 Å². The zero-order valence-corrected chi connectivity index (χ0v) is 12.3. The van der Waals surface area contributed by atoms with Crippen molar-refractivity contribution in [1.29, 1.82) is 0 Å². The van der Waals surface area contributed by atoms with E-state index in [4.69, 9.17) is 5.11 Å². The molecule has 0 saturated carbocycles. The van der Waals surface area contributed by atoms with Crippen LogP contribution in [0.4, 0.5) is 5.69 Å². The third-order valence-electron chi connectivity index (χ3n) is 3.59. The Morgan fingerprint density at radius 2 is 1.90 bits per heavy atom. The van der Waals surface area contributed by atoms with Crippen LogP contribution in [0.2, 0.25) is 0 Å². The van der Waals surface area contributed by atoms with E-state index in [1.807, 2.05) is 36.4 Å². The summed E-state index contributed by atoms with van der Waals surface area (Å²) in [4.78, 5) is 12.2. The Kier molecular flexibility index (Phi) is 5.52. The maximum absolute atomic E-state index is 12.2. The summed E-state index contributed by atoms with van der Waals surface area (Å²) in [6.07, 6.45) is 1.39. The van der Waals surface area contributed by atoms with Crippen molar-refractivity contribution in [1.82, 2.24) is 0 Å². The van der Waals surface area contributed by atoms with E-state index in [2.05, 4.69) is 24.4 Å². The molecule has 0 spiro atoms. The monoisotopic (exact) mass is 283 g/mol. The fraction of sp³-hybridized carbons (Fsp3) is 0.278. The number of hydrogen-bond donors (Lipinski definition) is 2. The average Bonchev–Trinajstić information content (AvgIpc) is 2.53. The molecule has 0 aliphatic heterocycles. The van der Waals surface area contributed by atoms with E-state index in [1.54, 1.807) is 6.07 Å². The molecule has 2 aromatic carbocycles. The maximum atomic E-state index is 12.2. The number of rotatable bonds is 6. The number of carbonyl (C=O) groups excluding carboxylic acids is 1. The Bertz CT molecular complexity index is 581. The molecule has 2 aromatic rings. The maximum Gasteiger partial charge on any atom is 0.224 e. The zero-order chi connectivity index (χ0) is 15.1. The highest BCUT2D eigenvalue weighted by Gasteiger charge is 2.14. The van der Waals surface area contributed by atoms with Gasteiger partial charge in [-0.2, -0.15) is 0 Å². The molecule has 0 aliphatic rings. The average molecular weight is 283 g/mol. The largest absolute Gasteiger partial charge is 0.392 e. The van der Waals surface area contributed by atoms with Crippen LogP contribution in [0.1, 0.15) is 36.8 Å². The zero-order valence-electron chi connectivity index (χ0n) is 12.3. The molecule has 0 fully saturated rings. The summed E-state index contributed by atoms with van der Waals surface area (Å²) in [5, 5.41) is 12.0. The van der Waals surface area contributed by atoms with Crippen LogP contribution in [-0.4, -0.2) is 11.0 Å². The SMILES string of the molecule is CCC(CC(=O)Nc1cccc(CO)c1)c1ccccc1. The van der Waals surface area contributed by atoms with Crippen molar-refractivity contribution in [3.63, 3.8) is 0 Å². The van der Waals surface area contributed by atoms with Gasteiger partial charge >= 0.3 is 0 Å². The second kappa shape index (κ2) is 7.60. The molecule has 2 rings (SSSR count). The molecule has 1 unspecified atom stereocenters. The number of benzene rings is 2. The van der Waals surface area contributed by atoms with Gasteiger partial charge in [0.05, 0.1) is 6.61 Å². The van der Waals surface area contributed by atoms with Gasteiger partial charge in [-0.15, -0.1) is 0 Å². The molecule has 0 saturated heterocycles. The highest BCUT2D eigenvalue weighted by atomic mass is 16.3. The molecule has 2 N–H and O–H groups in total. The highest BCUT2D eigenvalue weighted by molar-refractivity contribution is 5.91. The van der Waals surface area contributed by atoms with Gasteiger partial charge in [0.1, 0.15) is 0 Å². The number of hydrogen-bond acceptors (Lipinski definition) is 2. The summed E-state index contributed by atoms with van der Waals surface area (Å²) in [7, 11) is 0. The quantitative estimate of drug-likeness (QED) is 0.849. The molecule has 0 aromatic heterocycles. The van der Waals surface area contributed by atoms with Crippen molar-refractivity contribution < 1.29 is 9.90 Å². The molecule has 1 atom stereocenters. The molecule has 1 amide bonds. The summed E-state index contributed by atoms with van der Waals surface area (Å²) in [5.74, 6) is 0.230. The van der Waals surface area contributed by atoms with Gasteiger partial charge in [-0.3, -0.25) is 4.79 Å². The summed E-state index contributed by atoms with van der Waals surface area (Å²) in [6, 6.07) is 17.4. The first kappa shape index (κ1) is 15.3. The minimum Gasteiger partial charge on any atom is -0.392 e. The van der Waals surface area contributed by atoms with Gasteiger partial charge in [-0.1, -0.05) is 49.4 Å². The first-order chi connectivity index (χ1) is 10.2. The normalized spacial score (nSPS) is 11.9. The van der Waals surface area contributed by atoms with Crippen LogP contribution in [0.15, 0.2) is 54.6 Å². The number of aliphatic hydroxyl groups excluding tert-OH is 1. The number of aliphatic hydroxyl groups is 1. The molecule has 0 heterocycles. The van der Waals surface area contributed by atoms with E-state index in [-0.39, 0.29) is 18.4 Å². The van der Waals surface area contributed by atoms with Crippen LogP contribution in [0.3, 0.4) is 0 Å². The van der Waals surface area contributed by atoms with E-state index in [0.29, 0.717) is 6.42 Å². The molecular weight excluding hydrogens is 262 g/mol. The Morgan fingerprint density at radius 3 is 2.57 bits per heavy atom. The lowest BCUT2D eigenvalue weighted by Gasteiger charge is -2.15. The van der Waals surface area contributed by atoms with Gasteiger partial charge in [0.15, 0.2) is 0 Å². The third kappa shape index (κ3) is 4.43. The predicted molar refractivity (Wildman–Crippen MR) is 85.1 cm³/mol. The number of carbonyl (C=O) groups is 1. The van der Waals surface area contributed by atoms with Gasteiger partial charge in [0, 0.05) is 12.1 Å². The fourth-order valence-corrected chi connectivity index (χ4v) is 2.41. The summed E-state index contributed by atoms with van der Waals surface area (Å²) >= 11 is 0. The van der Waals surface area contributed by atoms with Crippen molar-refractivity contribution in [3.05, 3.63) is 65.7 Å². The summed E-state index contributed by atoms with van der Waals surface area (Å²) in [6.45, 7) is 2.07.